The number of hydrogen-bond donors (Lipinski definition) is 1. The number of nitrogens with one attached hydrogen (secondary N) is 1. The minimum Gasteiger partial charge on any atom is -0.340 e. The van der Waals surface area contributed by atoms with Crippen LogP contribution in [0.1, 0.15) is 24.4 Å². The predicted molar refractivity (Wildman–Crippen MR) is 66.9 cm³/mol. The van der Waals surface area contributed by atoms with Crippen LogP contribution in [0.15, 0.2) is 36.5 Å². The number of aromatic amines is 1. The molecule has 3 rings (SSSR count). The van der Waals surface area contributed by atoms with Crippen LogP contribution in [0.3, 0.4) is 0 Å². The van der Waals surface area contributed by atoms with E-state index in [0.29, 0.717) is 0 Å². The van der Waals surface area contributed by atoms with Crippen molar-refractivity contribution in [2.75, 3.05) is 0 Å². The maximum atomic E-state index is 4.46. The first kappa shape index (κ1) is 10.1. The first-order valence-electron chi connectivity index (χ1n) is 5.70. The van der Waals surface area contributed by atoms with Crippen LogP contribution in [-0.2, 0) is 0 Å². The molecule has 0 amide bonds. The fourth-order valence-corrected chi connectivity index (χ4v) is 2.09. The Balaban J connectivity index is 2.09. The Kier molecular flexibility index (Phi) is 2.21. The van der Waals surface area contributed by atoms with Crippen molar-refractivity contribution in [1.82, 2.24) is 19.7 Å². The van der Waals surface area contributed by atoms with Gasteiger partial charge in [-0.3, -0.25) is 0 Å². The zero-order valence-electron chi connectivity index (χ0n) is 9.88. The Labute approximate surface area is 99.3 Å². The van der Waals surface area contributed by atoms with Gasteiger partial charge < -0.3 is 4.98 Å². The fraction of sp³-hybridized carbons (Fsp3) is 0.231. The van der Waals surface area contributed by atoms with Crippen molar-refractivity contribution >= 4 is 11.2 Å². The van der Waals surface area contributed by atoms with E-state index in [-0.39, 0.29) is 6.04 Å². The standard InChI is InChI=1S/C13H14N4/c1-9(11-6-4-3-5-7-11)17-13-12(8-14-17)15-10(2)16-13/h3-9H,1-2H3,(H,15,16). The Morgan fingerprint density at radius 1 is 1.24 bits per heavy atom. The molecule has 0 aliphatic heterocycles. The molecule has 1 atom stereocenters. The fourth-order valence-electron chi connectivity index (χ4n) is 2.09. The minimum atomic E-state index is 0.191. The van der Waals surface area contributed by atoms with Gasteiger partial charge in [0.25, 0.3) is 0 Å². The maximum Gasteiger partial charge on any atom is 0.176 e. The van der Waals surface area contributed by atoms with Crippen molar-refractivity contribution in [1.29, 1.82) is 0 Å². The van der Waals surface area contributed by atoms with Crippen molar-refractivity contribution in [2.24, 2.45) is 0 Å². The SMILES string of the molecule is Cc1nc2c(cnn2C(C)c2ccccc2)[nH]1. The summed E-state index contributed by atoms with van der Waals surface area (Å²) in [6.45, 7) is 4.09. The summed E-state index contributed by atoms with van der Waals surface area (Å²) in [6, 6.07) is 10.5. The van der Waals surface area contributed by atoms with Crippen LogP contribution in [-0.4, -0.2) is 19.7 Å². The van der Waals surface area contributed by atoms with Crippen molar-refractivity contribution < 1.29 is 0 Å². The third-order valence-corrected chi connectivity index (χ3v) is 3.01. The van der Waals surface area contributed by atoms with Crippen molar-refractivity contribution in [3.05, 3.63) is 47.9 Å². The van der Waals surface area contributed by atoms with Crippen molar-refractivity contribution in [3.63, 3.8) is 0 Å². The van der Waals surface area contributed by atoms with E-state index in [2.05, 4.69) is 34.1 Å². The van der Waals surface area contributed by atoms with Crippen LogP contribution in [0.4, 0.5) is 0 Å². The van der Waals surface area contributed by atoms with E-state index in [4.69, 9.17) is 0 Å². The average Bonchev–Trinajstić information content (AvgIpc) is 2.88. The van der Waals surface area contributed by atoms with Crippen LogP contribution < -0.4 is 0 Å². The molecule has 1 N–H and O–H groups in total. The highest BCUT2D eigenvalue weighted by molar-refractivity contribution is 5.70. The van der Waals surface area contributed by atoms with Gasteiger partial charge in [0.15, 0.2) is 5.65 Å². The van der Waals surface area contributed by atoms with Gasteiger partial charge in [-0.25, -0.2) is 9.67 Å². The number of aryl methyl sites for hydroxylation is 1. The van der Waals surface area contributed by atoms with E-state index >= 15 is 0 Å². The molecule has 4 heteroatoms. The number of nitrogens with zero attached hydrogens (tertiary/aromatic N) is 3. The number of fused-ring (bicyclic) bond motifs is 1. The smallest absolute Gasteiger partial charge is 0.176 e. The molecule has 2 aromatic heterocycles. The highest BCUT2D eigenvalue weighted by Gasteiger charge is 2.13. The Hall–Kier alpha value is -2.10. The molecule has 0 fully saturated rings. The van der Waals surface area contributed by atoms with Gasteiger partial charge in [-0.05, 0) is 19.4 Å². The molecule has 0 saturated carbocycles. The molecule has 0 aliphatic rings. The molecule has 0 saturated heterocycles. The summed E-state index contributed by atoms with van der Waals surface area (Å²) < 4.78 is 1.95. The van der Waals surface area contributed by atoms with Gasteiger partial charge in [-0.1, -0.05) is 30.3 Å². The van der Waals surface area contributed by atoms with E-state index in [1.165, 1.54) is 5.56 Å². The van der Waals surface area contributed by atoms with Crippen LogP contribution in [0, 0.1) is 6.92 Å². The molecule has 86 valence electrons. The Morgan fingerprint density at radius 3 is 2.76 bits per heavy atom. The molecule has 3 aromatic rings. The molecule has 0 aliphatic carbocycles. The van der Waals surface area contributed by atoms with Crippen LogP contribution in [0.25, 0.3) is 11.2 Å². The lowest BCUT2D eigenvalue weighted by Crippen LogP contribution is -2.08. The number of imidazole rings is 1. The van der Waals surface area contributed by atoms with Crippen molar-refractivity contribution in [2.45, 2.75) is 19.9 Å². The molecular formula is C13H14N4. The molecule has 0 spiro atoms. The lowest BCUT2D eigenvalue weighted by molar-refractivity contribution is 0.579. The molecular weight excluding hydrogens is 212 g/mol. The Morgan fingerprint density at radius 2 is 2.00 bits per heavy atom. The third-order valence-electron chi connectivity index (χ3n) is 3.01. The van der Waals surface area contributed by atoms with E-state index < -0.39 is 0 Å². The van der Waals surface area contributed by atoms with E-state index in [9.17, 15) is 0 Å². The van der Waals surface area contributed by atoms with Gasteiger partial charge in [-0.2, -0.15) is 5.10 Å². The van der Waals surface area contributed by atoms with Gasteiger partial charge in [0, 0.05) is 0 Å². The summed E-state index contributed by atoms with van der Waals surface area (Å²) in [7, 11) is 0. The van der Waals surface area contributed by atoms with Gasteiger partial charge in [0.2, 0.25) is 0 Å². The van der Waals surface area contributed by atoms with Gasteiger partial charge in [-0.15, -0.1) is 0 Å². The highest BCUT2D eigenvalue weighted by atomic mass is 15.3. The topological polar surface area (TPSA) is 46.5 Å². The quantitative estimate of drug-likeness (QED) is 0.730. The summed E-state index contributed by atoms with van der Waals surface area (Å²) in [5, 5.41) is 4.40. The number of rotatable bonds is 2. The molecule has 1 aromatic carbocycles. The number of benzene rings is 1. The number of H-pyrrole nitrogens is 1. The van der Waals surface area contributed by atoms with Crippen molar-refractivity contribution in [3.8, 4) is 0 Å². The largest absolute Gasteiger partial charge is 0.340 e. The summed E-state index contributed by atoms with van der Waals surface area (Å²) in [6.07, 6.45) is 1.83. The number of hydrogen-bond acceptors (Lipinski definition) is 2. The molecule has 4 nitrogen and oxygen atoms in total. The second-order valence-electron chi connectivity index (χ2n) is 4.24. The van der Waals surface area contributed by atoms with Gasteiger partial charge in [0.1, 0.15) is 11.3 Å². The molecule has 0 radical (unpaired) electrons. The second-order valence-corrected chi connectivity index (χ2v) is 4.24. The lowest BCUT2D eigenvalue weighted by Gasteiger charge is -2.12. The molecule has 0 bridgehead atoms. The summed E-state index contributed by atoms with van der Waals surface area (Å²) in [5.74, 6) is 0.923. The number of aromatic nitrogens is 4. The third kappa shape index (κ3) is 1.62. The van der Waals surface area contributed by atoms with Crippen LogP contribution >= 0.6 is 0 Å². The molecule has 17 heavy (non-hydrogen) atoms. The first-order valence-corrected chi connectivity index (χ1v) is 5.70. The maximum absolute atomic E-state index is 4.46. The molecule has 2 heterocycles. The predicted octanol–water partition coefficient (Wildman–Crippen LogP) is 2.68. The first-order chi connectivity index (χ1) is 8.25. The second kappa shape index (κ2) is 3.73. The zero-order valence-corrected chi connectivity index (χ0v) is 9.88. The highest BCUT2D eigenvalue weighted by Crippen LogP contribution is 2.21. The summed E-state index contributed by atoms with van der Waals surface area (Å²) in [4.78, 5) is 7.66. The van der Waals surface area contributed by atoms with E-state index in [1.807, 2.05) is 36.0 Å². The lowest BCUT2D eigenvalue weighted by atomic mass is 10.1. The van der Waals surface area contributed by atoms with Crippen LogP contribution in [0.5, 0.6) is 0 Å². The van der Waals surface area contributed by atoms with E-state index in [1.54, 1.807) is 0 Å². The minimum absolute atomic E-state index is 0.191. The summed E-state index contributed by atoms with van der Waals surface area (Å²) in [5.41, 5.74) is 3.14. The van der Waals surface area contributed by atoms with Gasteiger partial charge in [0.05, 0.1) is 12.2 Å². The van der Waals surface area contributed by atoms with Crippen LogP contribution in [0.2, 0.25) is 0 Å². The summed E-state index contributed by atoms with van der Waals surface area (Å²) >= 11 is 0. The van der Waals surface area contributed by atoms with Gasteiger partial charge >= 0.3 is 0 Å². The Bertz CT molecular complexity index is 636. The monoisotopic (exact) mass is 226 g/mol. The normalized spacial score (nSPS) is 13.1. The zero-order chi connectivity index (χ0) is 11.8. The van der Waals surface area contributed by atoms with E-state index in [0.717, 1.165) is 17.0 Å². The average molecular weight is 226 g/mol. The molecule has 1 unspecified atom stereocenters.